The molecule has 0 spiro atoms. The van der Waals surface area contributed by atoms with Crippen LogP contribution in [0.25, 0.3) is 0 Å². The van der Waals surface area contributed by atoms with Crippen molar-refractivity contribution in [3.63, 3.8) is 0 Å². The lowest BCUT2D eigenvalue weighted by Crippen LogP contribution is -2.37. The molecule has 0 bridgehead atoms. The van der Waals surface area contributed by atoms with Crippen LogP contribution in [0.5, 0.6) is 0 Å². The van der Waals surface area contributed by atoms with Gasteiger partial charge in [-0.05, 0) is 31.4 Å². The van der Waals surface area contributed by atoms with E-state index in [0.29, 0.717) is 12.8 Å². The van der Waals surface area contributed by atoms with Crippen LogP contribution in [0, 0.1) is 11.8 Å². The van der Waals surface area contributed by atoms with Gasteiger partial charge in [-0.15, -0.1) is 0 Å². The van der Waals surface area contributed by atoms with Crippen LogP contribution in [0.3, 0.4) is 0 Å². The molecule has 1 aliphatic carbocycles. The Balaban J connectivity index is 2.34. The molecule has 1 saturated heterocycles. The van der Waals surface area contributed by atoms with Crippen LogP contribution < -0.4 is 0 Å². The fourth-order valence-corrected chi connectivity index (χ4v) is 3.51. The number of allylic oxidation sites excluding steroid dienone is 1. The van der Waals surface area contributed by atoms with Crippen LogP contribution in [-0.2, 0) is 19.1 Å². The quantitative estimate of drug-likeness (QED) is 0.371. The van der Waals surface area contributed by atoms with Gasteiger partial charge in [0.25, 0.3) is 0 Å². The summed E-state index contributed by atoms with van der Waals surface area (Å²) in [6.07, 6.45) is 2.89. The van der Waals surface area contributed by atoms with Gasteiger partial charge in [0.2, 0.25) is 0 Å². The molecule has 0 amide bonds. The highest BCUT2D eigenvalue weighted by Gasteiger charge is 2.47. The summed E-state index contributed by atoms with van der Waals surface area (Å²) >= 11 is 0. The fraction of sp³-hybridized carbons (Fsp3) is 0.600. The van der Waals surface area contributed by atoms with Crippen molar-refractivity contribution < 1.29 is 34.4 Å². The molecular formula is C20H28O7. The second-order valence-corrected chi connectivity index (χ2v) is 7.21. The average molecular weight is 380 g/mol. The summed E-state index contributed by atoms with van der Waals surface area (Å²) in [5, 5.41) is 28.2. The summed E-state index contributed by atoms with van der Waals surface area (Å²) in [5.41, 5.74) is 1.52. The topological polar surface area (TPSA) is 113 Å². The second kappa shape index (κ2) is 9.30. The molecule has 0 aromatic carbocycles. The van der Waals surface area contributed by atoms with Crippen LogP contribution in [0.1, 0.15) is 33.1 Å². The van der Waals surface area contributed by atoms with E-state index in [1.165, 1.54) is 0 Å². The summed E-state index contributed by atoms with van der Waals surface area (Å²) in [5.74, 6) is -2.12. The Morgan fingerprint density at radius 1 is 1.44 bits per heavy atom. The number of aliphatic hydroxyl groups excluding tert-OH is 3. The SMILES string of the molecule is C=C(C(=O)OC1CC(C)=CCCC(CO)=CC2OC(=O)C(C)C21)C(O)CO. The number of hydrogen-bond donors (Lipinski definition) is 3. The molecule has 2 aliphatic rings. The fourth-order valence-electron chi connectivity index (χ4n) is 3.51. The lowest BCUT2D eigenvalue weighted by molar-refractivity contribution is -0.149. The zero-order valence-corrected chi connectivity index (χ0v) is 15.8. The van der Waals surface area contributed by atoms with E-state index in [0.717, 1.165) is 17.6 Å². The van der Waals surface area contributed by atoms with Gasteiger partial charge in [-0.3, -0.25) is 4.79 Å². The van der Waals surface area contributed by atoms with Crippen molar-refractivity contribution in [3.05, 3.63) is 35.5 Å². The minimum absolute atomic E-state index is 0.133. The maximum atomic E-state index is 12.4. The number of carbonyl (C=O) groups excluding carboxylic acids is 2. The van der Waals surface area contributed by atoms with Crippen LogP contribution in [0.4, 0.5) is 0 Å². The van der Waals surface area contributed by atoms with Crippen molar-refractivity contribution in [2.75, 3.05) is 13.2 Å². The summed E-state index contributed by atoms with van der Waals surface area (Å²) in [7, 11) is 0. The maximum Gasteiger partial charge on any atom is 0.336 e. The third-order valence-electron chi connectivity index (χ3n) is 5.19. The lowest BCUT2D eigenvalue weighted by atomic mass is 9.82. The highest BCUT2D eigenvalue weighted by Crippen LogP contribution is 2.37. The molecule has 27 heavy (non-hydrogen) atoms. The Kier molecular flexibility index (Phi) is 7.35. The number of fused-ring (bicyclic) bond motifs is 1. The smallest absolute Gasteiger partial charge is 0.336 e. The molecule has 1 fully saturated rings. The van der Waals surface area contributed by atoms with Crippen molar-refractivity contribution in [2.45, 2.75) is 51.4 Å². The molecule has 0 aromatic rings. The van der Waals surface area contributed by atoms with Gasteiger partial charge >= 0.3 is 11.9 Å². The molecule has 0 radical (unpaired) electrons. The van der Waals surface area contributed by atoms with Gasteiger partial charge in [-0.1, -0.05) is 25.2 Å². The van der Waals surface area contributed by atoms with Crippen molar-refractivity contribution in [2.24, 2.45) is 11.8 Å². The van der Waals surface area contributed by atoms with E-state index < -0.39 is 42.7 Å². The van der Waals surface area contributed by atoms with E-state index in [1.807, 2.05) is 13.0 Å². The minimum atomic E-state index is -1.40. The Bertz CT molecular complexity index is 649. The molecule has 0 aromatic heterocycles. The molecule has 5 unspecified atom stereocenters. The van der Waals surface area contributed by atoms with Gasteiger partial charge in [0, 0.05) is 6.42 Å². The van der Waals surface area contributed by atoms with Gasteiger partial charge in [0.15, 0.2) is 0 Å². The second-order valence-electron chi connectivity index (χ2n) is 7.21. The van der Waals surface area contributed by atoms with Crippen LogP contribution >= 0.6 is 0 Å². The molecule has 2 rings (SSSR count). The van der Waals surface area contributed by atoms with Crippen LogP contribution in [0.2, 0.25) is 0 Å². The van der Waals surface area contributed by atoms with E-state index in [4.69, 9.17) is 14.6 Å². The van der Waals surface area contributed by atoms with E-state index in [-0.39, 0.29) is 18.1 Å². The number of esters is 2. The number of rotatable bonds is 5. The molecule has 1 aliphatic heterocycles. The highest BCUT2D eigenvalue weighted by molar-refractivity contribution is 5.89. The summed E-state index contributed by atoms with van der Waals surface area (Å²) < 4.78 is 11.1. The Hall–Kier alpha value is -1.96. The first kappa shape index (κ1) is 21.3. The molecule has 7 nitrogen and oxygen atoms in total. The van der Waals surface area contributed by atoms with Gasteiger partial charge in [-0.25, -0.2) is 4.79 Å². The zero-order chi connectivity index (χ0) is 20.1. The molecule has 150 valence electrons. The third-order valence-corrected chi connectivity index (χ3v) is 5.19. The van der Waals surface area contributed by atoms with Gasteiger partial charge in [-0.2, -0.15) is 0 Å². The molecule has 5 atom stereocenters. The average Bonchev–Trinajstić information content (AvgIpc) is 2.92. The monoisotopic (exact) mass is 380 g/mol. The molecule has 7 heteroatoms. The van der Waals surface area contributed by atoms with E-state index in [2.05, 4.69) is 6.58 Å². The van der Waals surface area contributed by atoms with E-state index in [1.54, 1.807) is 13.0 Å². The Morgan fingerprint density at radius 3 is 2.78 bits per heavy atom. The molecule has 3 N–H and O–H groups in total. The van der Waals surface area contributed by atoms with Crippen molar-refractivity contribution in [1.29, 1.82) is 0 Å². The first-order chi connectivity index (χ1) is 12.8. The summed E-state index contributed by atoms with van der Waals surface area (Å²) in [6, 6.07) is 0. The molecule has 0 saturated carbocycles. The molecule has 1 heterocycles. The predicted octanol–water partition coefficient (Wildman–Crippen LogP) is 1.03. The largest absolute Gasteiger partial charge is 0.458 e. The van der Waals surface area contributed by atoms with E-state index >= 15 is 0 Å². The summed E-state index contributed by atoms with van der Waals surface area (Å²) in [4.78, 5) is 24.5. The van der Waals surface area contributed by atoms with Crippen molar-refractivity contribution in [3.8, 4) is 0 Å². The number of hydrogen-bond acceptors (Lipinski definition) is 7. The van der Waals surface area contributed by atoms with E-state index in [9.17, 15) is 19.8 Å². The highest BCUT2D eigenvalue weighted by atomic mass is 16.6. The van der Waals surface area contributed by atoms with Crippen molar-refractivity contribution in [1.82, 2.24) is 0 Å². The minimum Gasteiger partial charge on any atom is -0.458 e. The Morgan fingerprint density at radius 2 is 2.15 bits per heavy atom. The number of carbonyl (C=O) groups is 2. The standard InChI is InChI=1S/C20H28O7/c1-11-5-4-6-14(9-21)8-17-18(13(3)20(25)27-17)16(7-11)26-19(24)12(2)15(23)10-22/h5,8,13,15-18,21-23H,2,4,6-7,9-10H2,1,3H3. The first-order valence-electron chi connectivity index (χ1n) is 9.13. The number of ether oxygens (including phenoxy) is 2. The van der Waals surface area contributed by atoms with Crippen molar-refractivity contribution >= 4 is 11.9 Å². The zero-order valence-electron chi connectivity index (χ0n) is 15.8. The van der Waals surface area contributed by atoms with Gasteiger partial charge in [0.1, 0.15) is 18.3 Å². The number of aliphatic hydroxyl groups is 3. The first-order valence-corrected chi connectivity index (χ1v) is 9.13. The molecular weight excluding hydrogens is 352 g/mol. The van der Waals surface area contributed by atoms with Gasteiger partial charge in [0.05, 0.1) is 30.6 Å². The normalized spacial score (nSPS) is 29.7. The van der Waals surface area contributed by atoms with Crippen LogP contribution in [0.15, 0.2) is 35.5 Å². The summed E-state index contributed by atoms with van der Waals surface area (Å²) in [6.45, 7) is 6.36. The maximum absolute atomic E-state index is 12.4. The Labute approximate surface area is 159 Å². The van der Waals surface area contributed by atoms with Gasteiger partial charge < -0.3 is 24.8 Å². The predicted molar refractivity (Wildman–Crippen MR) is 97.4 cm³/mol. The third kappa shape index (κ3) is 5.06. The lowest BCUT2D eigenvalue weighted by Gasteiger charge is -2.29. The van der Waals surface area contributed by atoms with Crippen LogP contribution in [-0.4, -0.2) is 58.8 Å².